The second-order valence-electron chi connectivity index (χ2n) is 4.01. The van der Waals surface area contributed by atoms with Gasteiger partial charge in [0.15, 0.2) is 6.20 Å². The number of carbonyl (C=O) groups is 1. The molecular formula is C13H10F3NO3. The highest BCUT2D eigenvalue weighted by molar-refractivity contribution is 6.03. The highest BCUT2D eigenvalue weighted by atomic mass is 19.4. The van der Waals surface area contributed by atoms with E-state index in [-0.39, 0.29) is 27.8 Å². The van der Waals surface area contributed by atoms with Crippen LogP contribution in [-0.4, -0.2) is 12.6 Å². The van der Waals surface area contributed by atoms with Gasteiger partial charge in [-0.25, -0.2) is 4.79 Å². The van der Waals surface area contributed by atoms with E-state index in [0.717, 1.165) is 6.20 Å². The predicted molar refractivity (Wildman–Crippen MR) is 63.9 cm³/mol. The smallest absolute Gasteiger partial charge is 0.416 e. The lowest BCUT2D eigenvalue weighted by molar-refractivity contribution is -0.577. The summed E-state index contributed by atoms with van der Waals surface area (Å²) >= 11 is 0. The van der Waals surface area contributed by atoms with Gasteiger partial charge in [-0.05, 0) is 19.1 Å². The lowest BCUT2D eigenvalue weighted by Gasteiger charge is -2.11. The van der Waals surface area contributed by atoms with Crippen LogP contribution in [-0.2, 0) is 10.9 Å². The van der Waals surface area contributed by atoms with Crippen LogP contribution in [0.2, 0.25) is 0 Å². The molecule has 0 bridgehead atoms. The third kappa shape index (κ3) is 2.52. The molecule has 0 aliphatic rings. The fourth-order valence-corrected chi connectivity index (χ4v) is 1.83. The van der Waals surface area contributed by atoms with Crippen molar-refractivity contribution in [3.63, 3.8) is 0 Å². The third-order valence-corrected chi connectivity index (χ3v) is 2.70. The molecule has 7 heteroatoms. The Morgan fingerprint density at radius 1 is 1.40 bits per heavy atom. The maximum Gasteiger partial charge on any atom is 0.416 e. The molecule has 0 amide bonds. The average molecular weight is 285 g/mol. The first-order chi connectivity index (χ1) is 9.34. The van der Waals surface area contributed by atoms with Gasteiger partial charge < -0.3 is 9.94 Å². The van der Waals surface area contributed by atoms with Gasteiger partial charge in [-0.2, -0.15) is 17.9 Å². The number of hydrogen-bond donors (Lipinski definition) is 0. The summed E-state index contributed by atoms with van der Waals surface area (Å²) in [5, 5.41) is 11.7. The number of alkyl halides is 3. The molecule has 0 saturated heterocycles. The Hall–Kier alpha value is -2.31. The summed E-state index contributed by atoms with van der Waals surface area (Å²) in [5.41, 5.74) is -1.57. The van der Waals surface area contributed by atoms with E-state index in [0.29, 0.717) is 12.1 Å². The Morgan fingerprint density at radius 3 is 2.70 bits per heavy atom. The minimum absolute atomic E-state index is 0.0286. The number of ether oxygens (including phenoxy) is 1. The van der Waals surface area contributed by atoms with Gasteiger partial charge in [0.05, 0.1) is 23.1 Å². The SMILES string of the molecule is CCOC(=O)c1cc(C(F)(F)F)cc2c1ccc[n+]2[O-]. The van der Waals surface area contributed by atoms with Gasteiger partial charge in [-0.3, -0.25) is 0 Å². The number of benzene rings is 1. The van der Waals surface area contributed by atoms with E-state index in [1.165, 1.54) is 12.1 Å². The summed E-state index contributed by atoms with van der Waals surface area (Å²) in [5.74, 6) is -0.894. The maximum absolute atomic E-state index is 12.8. The molecule has 1 heterocycles. The van der Waals surface area contributed by atoms with Gasteiger partial charge >= 0.3 is 12.1 Å². The molecule has 4 nitrogen and oxygen atoms in total. The maximum atomic E-state index is 12.8. The summed E-state index contributed by atoms with van der Waals surface area (Å²) in [6.07, 6.45) is -3.59. The number of nitrogens with zero attached hydrogens (tertiary/aromatic N) is 1. The molecule has 0 fully saturated rings. The molecular weight excluding hydrogens is 275 g/mol. The number of halogens is 3. The first-order valence-corrected chi connectivity index (χ1v) is 5.75. The van der Waals surface area contributed by atoms with Crippen LogP contribution in [0.15, 0.2) is 30.5 Å². The summed E-state index contributed by atoms with van der Waals surface area (Å²) in [6.45, 7) is 1.57. The molecule has 0 atom stereocenters. The van der Waals surface area contributed by atoms with Crippen molar-refractivity contribution < 1.29 is 27.4 Å². The molecule has 0 N–H and O–H groups in total. The van der Waals surface area contributed by atoms with E-state index >= 15 is 0 Å². The van der Waals surface area contributed by atoms with Crippen molar-refractivity contribution in [2.24, 2.45) is 0 Å². The Balaban J connectivity index is 2.77. The number of aromatic nitrogens is 1. The molecule has 0 saturated carbocycles. The summed E-state index contributed by atoms with van der Waals surface area (Å²) in [6, 6.07) is 4.16. The fourth-order valence-electron chi connectivity index (χ4n) is 1.83. The number of rotatable bonds is 2. The van der Waals surface area contributed by atoms with Gasteiger partial charge in [-0.1, -0.05) is 0 Å². The zero-order valence-corrected chi connectivity index (χ0v) is 10.4. The molecule has 0 aliphatic heterocycles. The van der Waals surface area contributed by atoms with E-state index in [2.05, 4.69) is 0 Å². The van der Waals surface area contributed by atoms with Crippen molar-refractivity contribution in [3.8, 4) is 0 Å². The number of hydrogen-bond acceptors (Lipinski definition) is 3. The molecule has 0 aliphatic carbocycles. The molecule has 20 heavy (non-hydrogen) atoms. The van der Waals surface area contributed by atoms with E-state index in [4.69, 9.17) is 4.74 Å². The van der Waals surface area contributed by atoms with Crippen molar-refractivity contribution in [1.29, 1.82) is 0 Å². The van der Waals surface area contributed by atoms with Crippen LogP contribution in [0.3, 0.4) is 0 Å². The van der Waals surface area contributed by atoms with Crippen LogP contribution in [0.5, 0.6) is 0 Å². The van der Waals surface area contributed by atoms with Crippen molar-refractivity contribution >= 4 is 16.9 Å². The quantitative estimate of drug-likeness (QED) is 0.484. The highest BCUT2D eigenvalue weighted by Gasteiger charge is 2.33. The minimum atomic E-state index is -4.65. The topological polar surface area (TPSA) is 53.2 Å². The summed E-state index contributed by atoms with van der Waals surface area (Å²) < 4.78 is 43.5. The number of fused-ring (bicyclic) bond motifs is 1. The second kappa shape index (κ2) is 4.99. The van der Waals surface area contributed by atoms with Crippen LogP contribution >= 0.6 is 0 Å². The van der Waals surface area contributed by atoms with Crippen LogP contribution in [0.1, 0.15) is 22.8 Å². The molecule has 0 unspecified atom stereocenters. The lowest BCUT2D eigenvalue weighted by Crippen LogP contribution is -2.27. The van der Waals surface area contributed by atoms with Crippen LogP contribution in [0.25, 0.3) is 10.9 Å². The molecule has 2 aromatic rings. The van der Waals surface area contributed by atoms with Gasteiger partial charge in [-0.15, -0.1) is 0 Å². The Labute approximate surface area is 112 Å². The fraction of sp³-hybridized carbons (Fsp3) is 0.231. The summed E-state index contributed by atoms with van der Waals surface area (Å²) in [4.78, 5) is 11.7. The van der Waals surface area contributed by atoms with Gasteiger partial charge in [0.25, 0.3) is 0 Å². The Morgan fingerprint density at radius 2 is 2.10 bits per heavy atom. The van der Waals surface area contributed by atoms with Gasteiger partial charge in [0.1, 0.15) is 0 Å². The second-order valence-corrected chi connectivity index (χ2v) is 4.01. The highest BCUT2D eigenvalue weighted by Crippen LogP contribution is 2.32. The van der Waals surface area contributed by atoms with Crippen LogP contribution in [0, 0.1) is 5.21 Å². The largest absolute Gasteiger partial charge is 0.618 e. The number of carbonyl (C=O) groups excluding carboxylic acids is 1. The molecule has 1 aromatic carbocycles. The monoisotopic (exact) mass is 285 g/mol. The van der Waals surface area contributed by atoms with E-state index < -0.39 is 17.7 Å². The molecule has 1 aromatic heterocycles. The van der Waals surface area contributed by atoms with Crippen LogP contribution < -0.4 is 4.73 Å². The standard InChI is InChI=1S/C13H10F3NO3/c1-2-20-12(18)10-6-8(13(14,15)16)7-11-9(10)4-3-5-17(11)19/h3-7H,2H2,1H3. The van der Waals surface area contributed by atoms with E-state index in [9.17, 15) is 23.2 Å². The zero-order chi connectivity index (χ0) is 14.9. The van der Waals surface area contributed by atoms with Crippen molar-refractivity contribution in [2.75, 3.05) is 6.61 Å². The first kappa shape index (κ1) is 14.1. The average Bonchev–Trinajstić information content (AvgIpc) is 2.37. The third-order valence-electron chi connectivity index (χ3n) is 2.70. The van der Waals surface area contributed by atoms with E-state index in [1.54, 1.807) is 6.92 Å². The van der Waals surface area contributed by atoms with Crippen molar-refractivity contribution in [3.05, 3.63) is 46.8 Å². The molecule has 0 radical (unpaired) electrons. The van der Waals surface area contributed by atoms with Gasteiger partial charge in [0.2, 0.25) is 5.52 Å². The molecule has 106 valence electrons. The number of pyridine rings is 1. The predicted octanol–water partition coefficient (Wildman–Crippen LogP) is 2.67. The van der Waals surface area contributed by atoms with E-state index in [1.807, 2.05) is 0 Å². The van der Waals surface area contributed by atoms with Crippen LogP contribution in [0.4, 0.5) is 13.2 Å². The lowest BCUT2D eigenvalue weighted by atomic mass is 10.0. The Bertz CT molecular complexity index is 668. The molecule has 2 rings (SSSR count). The first-order valence-electron chi connectivity index (χ1n) is 5.75. The normalized spacial score (nSPS) is 11.6. The number of esters is 1. The Kier molecular flexibility index (Phi) is 3.52. The van der Waals surface area contributed by atoms with Crippen molar-refractivity contribution in [1.82, 2.24) is 0 Å². The van der Waals surface area contributed by atoms with Gasteiger partial charge in [0, 0.05) is 12.1 Å². The van der Waals surface area contributed by atoms with Crippen molar-refractivity contribution in [2.45, 2.75) is 13.1 Å². The minimum Gasteiger partial charge on any atom is -0.618 e. The summed E-state index contributed by atoms with van der Waals surface area (Å²) in [7, 11) is 0. The molecule has 0 spiro atoms. The zero-order valence-electron chi connectivity index (χ0n) is 10.4.